The van der Waals surface area contributed by atoms with E-state index in [1.165, 1.54) is 11.8 Å². The molecular weight excluding hydrogens is 234 g/mol. The van der Waals surface area contributed by atoms with Crippen molar-refractivity contribution in [2.75, 3.05) is 43.5 Å². The number of rotatable bonds is 7. The normalized spacial score (nSPS) is 10.8. The fourth-order valence-electron chi connectivity index (χ4n) is 1.51. The summed E-state index contributed by atoms with van der Waals surface area (Å²) in [6.07, 6.45) is 1.94. The van der Waals surface area contributed by atoms with Crippen LogP contribution in [0.3, 0.4) is 0 Å². The number of nitrogens with zero attached hydrogens (tertiary/aromatic N) is 3. The van der Waals surface area contributed by atoms with Crippen LogP contribution in [0, 0.1) is 0 Å². The molecule has 1 heterocycles. The molecule has 0 aliphatic rings. The minimum Gasteiger partial charge on any atom is -0.383 e. The summed E-state index contributed by atoms with van der Waals surface area (Å²) in [6, 6.07) is 1.77. The van der Waals surface area contributed by atoms with Crippen LogP contribution in [0.1, 0.15) is 13.8 Å². The van der Waals surface area contributed by atoms with E-state index in [9.17, 15) is 0 Å². The Bertz CT molecular complexity index is 341. The minimum atomic E-state index is 0.509. The van der Waals surface area contributed by atoms with E-state index in [4.69, 9.17) is 5.73 Å². The van der Waals surface area contributed by atoms with Gasteiger partial charge in [-0.15, -0.1) is 0 Å². The molecule has 0 saturated carbocycles. The van der Waals surface area contributed by atoms with Gasteiger partial charge in [-0.05, 0) is 19.3 Å². The highest BCUT2D eigenvalue weighted by molar-refractivity contribution is 7.98. The van der Waals surface area contributed by atoms with Crippen molar-refractivity contribution in [1.29, 1.82) is 0 Å². The molecule has 3 N–H and O–H groups in total. The van der Waals surface area contributed by atoms with E-state index in [1.54, 1.807) is 6.07 Å². The highest BCUT2D eigenvalue weighted by Gasteiger charge is 2.02. The van der Waals surface area contributed by atoms with Crippen molar-refractivity contribution in [2.45, 2.75) is 19.0 Å². The molecule has 0 aromatic carbocycles. The Kier molecular flexibility index (Phi) is 6.07. The maximum Gasteiger partial charge on any atom is 0.191 e. The van der Waals surface area contributed by atoms with Crippen molar-refractivity contribution >= 4 is 23.4 Å². The van der Waals surface area contributed by atoms with Gasteiger partial charge in [0.05, 0.1) is 0 Å². The first-order chi connectivity index (χ1) is 8.19. The first-order valence-electron chi connectivity index (χ1n) is 5.84. The van der Waals surface area contributed by atoms with Gasteiger partial charge in [0.15, 0.2) is 5.16 Å². The number of nitrogens with two attached hydrogens (primary N) is 1. The van der Waals surface area contributed by atoms with E-state index in [-0.39, 0.29) is 0 Å². The molecule has 1 aromatic rings. The molecule has 0 aliphatic carbocycles. The Hall–Kier alpha value is -1.01. The van der Waals surface area contributed by atoms with Crippen LogP contribution in [0.5, 0.6) is 0 Å². The molecule has 0 radical (unpaired) electrons. The quantitative estimate of drug-likeness (QED) is 0.569. The lowest BCUT2D eigenvalue weighted by Crippen LogP contribution is -2.28. The van der Waals surface area contributed by atoms with Gasteiger partial charge in [0.2, 0.25) is 0 Å². The van der Waals surface area contributed by atoms with Crippen LogP contribution in [0.25, 0.3) is 0 Å². The molecule has 0 spiro atoms. The fraction of sp³-hybridized carbons (Fsp3) is 0.636. The first-order valence-corrected chi connectivity index (χ1v) is 7.06. The van der Waals surface area contributed by atoms with Crippen LogP contribution in [0.15, 0.2) is 11.2 Å². The number of aromatic nitrogens is 2. The Morgan fingerprint density at radius 2 is 2.06 bits per heavy atom. The zero-order chi connectivity index (χ0) is 12.7. The Morgan fingerprint density at radius 3 is 2.65 bits per heavy atom. The molecule has 0 fully saturated rings. The highest BCUT2D eigenvalue weighted by Crippen LogP contribution is 2.14. The average molecular weight is 255 g/mol. The number of thioether (sulfide) groups is 1. The number of hydrogen-bond acceptors (Lipinski definition) is 6. The van der Waals surface area contributed by atoms with Gasteiger partial charge in [0, 0.05) is 19.2 Å². The molecule has 0 atom stereocenters. The van der Waals surface area contributed by atoms with Crippen LogP contribution in [0.4, 0.5) is 11.6 Å². The summed E-state index contributed by atoms with van der Waals surface area (Å²) in [5.74, 6) is 1.31. The van der Waals surface area contributed by atoms with E-state index in [2.05, 4.69) is 34.0 Å². The summed E-state index contributed by atoms with van der Waals surface area (Å²) in [5.41, 5.74) is 5.70. The van der Waals surface area contributed by atoms with Gasteiger partial charge in [-0.25, -0.2) is 9.97 Å². The molecular formula is C11H21N5S. The van der Waals surface area contributed by atoms with Gasteiger partial charge < -0.3 is 16.0 Å². The van der Waals surface area contributed by atoms with Crippen molar-refractivity contribution in [3.8, 4) is 0 Å². The predicted molar refractivity (Wildman–Crippen MR) is 74.5 cm³/mol. The van der Waals surface area contributed by atoms with Gasteiger partial charge in [0.25, 0.3) is 0 Å². The van der Waals surface area contributed by atoms with E-state index in [0.717, 1.165) is 32.0 Å². The van der Waals surface area contributed by atoms with Crippen molar-refractivity contribution in [3.05, 3.63) is 6.07 Å². The molecule has 5 nitrogen and oxygen atoms in total. The van der Waals surface area contributed by atoms with Crippen molar-refractivity contribution in [2.24, 2.45) is 0 Å². The molecule has 17 heavy (non-hydrogen) atoms. The smallest absolute Gasteiger partial charge is 0.191 e. The number of nitrogens with one attached hydrogen (secondary N) is 1. The third-order valence-electron chi connectivity index (χ3n) is 2.54. The second-order valence-corrected chi connectivity index (χ2v) is 4.39. The standard InChI is InChI=1S/C11H21N5S/c1-4-16(5-2)7-6-13-10-8-9(12)14-11(15-10)17-3/h8H,4-7H2,1-3H3,(H3,12,13,14,15). The number of anilines is 2. The molecule has 1 aromatic heterocycles. The fourth-order valence-corrected chi connectivity index (χ4v) is 1.89. The lowest BCUT2D eigenvalue weighted by molar-refractivity contribution is 0.316. The molecule has 1 rings (SSSR count). The summed E-state index contributed by atoms with van der Waals surface area (Å²) >= 11 is 1.49. The summed E-state index contributed by atoms with van der Waals surface area (Å²) < 4.78 is 0. The molecule has 0 unspecified atom stereocenters. The molecule has 0 amide bonds. The lowest BCUT2D eigenvalue weighted by Gasteiger charge is -2.18. The molecule has 6 heteroatoms. The summed E-state index contributed by atoms with van der Waals surface area (Å²) in [5, 5.41) is 3.98. The number of nitrogen functional groups attached to an aromatic ring is 1. The monoisotopic (exact) mass is 255 g/mol. The van der Waals surface area contributed by atoms with Gasteiger partial charge in [-0.3, -0.25) is 0 Å². The molecule has 0 saturated heterocycles. The van der Waals surface area contributed by atoms with Crippen LogP contribution >= 0.6 is 11.8 Å². The topological polar surface area (TPSA) is 67.1 Å². The number of likely N-dealkylation sites (N-methyl/N-ethyl adjacent to an activating group) is 1. The predicted octanol–water partition coefficient (Wildman–Crippen LogP) is 1.53. The Balaban J connectivity index is 2.48. The zero-order valence-corrected chi connectivity index (χ0v) is 11.5. The van der Waals surface area contributed by atoms with Crippen molar-refractivity contribution in [3.63, 3.8) is 0 Å². The third kappa shape index (κ3) is 4.79. The maximum absolute atomic E-state index is 5.70. The zero-order valence-electron chi connectivity index (χ0n) is 10.7. The Morgan fingerprint density at radius 1 is 1.35 bits per heavy atom. The van der Waals surface area contributed by atoms with Gasteiger partial charge in [-0.2, -0.15) is 0 Å². The SMILES string of the molecule is CCN(CC)CCNc1cc(N)nc(SC)n1. The summed E-state index contributed by atoms with van der Waals surface area (Å²) in [4.78, 5) is 10.8. The van der Waals surface area contributed by atoms with Gasteiger partial charge >= 0.3 is 0 Å². The molecule has 0 bridgehead atoms. The van der Waals surface area contributed by atoms with Crippen LogP contribution in [-0.2, 0) is 0 Å². The van der Waals surface area contributed by atoms with Crippen molar-refractivity contribution < 1.29 is 0 Å². The van der Waals surface area contributed by atoms with E-state index >= 15 is 0 Å². The largest absolute Gasteiger partial charge is 0.383 e. The highest BCUT2D eigenvalue weighted by atomic mass is 32.2. The lowest BCUT2D eigenvalue weighted by atomic mass is 10.4. The van der Waals surface area contributed by atoms with Gasteiger partial charge in [0.1, 0.15) is 11.6 Å². The molecule has 0 aliphatic heterocycles. The van der Waals surface area contributed by atoms with E-state index in [0.29, 0.717) is 11.0 Å². The summed E-state index contributed by atoms with van der Waals surface area (Å²) in [6.45, 7) is 8.34. The summed E-state index contributed by atoms with van der Waals surface area (Å²) in [7, 11) is 0. The molecule has 96 valence electrons. The third-order valence-corrected chi connectivity index (χ3v) is 3.08. The van der Waals surface area contributed by atoms with Crippen LogP contribution in [0.2, 0.25) is 0 Å². The minimum absolute atomic E-state index is 0.509. The first kappa shape index (κ1) is 14.1. The average Bonchev–Trinajstić information content (AvgIpc) is 2.34. The van der Waals surface area contributed by atoms with Crippen LogP contribution < -0.4 is 11.1 Å². The van der Waals surface area contributed by atoms with E-state index < -0.39 is 0 Å². The van der Waals surface area contributed by atoms with E-state index in [1.807, 2.05) is 6.26 Å². The van der Waals surface area contributed by atoms with Crippen LogP contribution in [-0.4, -0.2) is 47.3 Å². The maximum atomic E-state index is 5.70. The second kappa shape index (κ2) is 7.34. The Labute approximate surface area is 107 Å². The number of hydrogen-bond donors (Lipinski definition) is 2. The van der Waals surface area contributed by atoms with Crippen molar-refractivity contribution in [1.82, 2.24) is 14.9 Å². The second-order valence-electron chi connectivity index (χ2n) is 3.62. The van der Waals surface area contributed by atoms with Gasteiger partial charge in [-0.1, -0.05) is 25.6 Å².